The molecule has 0 radical (unpaired) electrons. The summed E-state index contributed by atoms with van der Waals surface area (Å²) >= 11 is 0. The number of hydrogen-bond donors (Lipinski definition) is 2. The Kier molecular flexibility index (Phi) is 5.34. The van der Waals surface area contributed by atoms with E-state index in [1.165, 1.54) is 12.3 Å². The third kappa shape index (κ3) is 4.04. The van der Waals surface area contributed by atoms with Crippen LogP contribution in [0, 0.1) is 5.82 Å². The van der Waals surface area contributed by atoms with Crippen LogP contribution in [0.4, 0.5) is 10.1 Å². The molecule has 1 unspecified atom stereocenters. The SMILES string of the molecule is O=C(Nc1cn[nH]c1-c1ccccc1F)c1cccc(OCC2CCCO2)c1. The van der Waals surface area contributed by atoms with Crippen LogP contribution >= 0.6 is 0 Å². The molecule has 6 nitrogen and oxygen atoms in total. The zero-order chi connectivity index (χ0) is 19.3. The van der Waals surface area contributed by atoms with Gasteiger partial charge in [0.15, 0.2) is 0 Å². The molecule has 1 saturated heterocycles. The number of nitrogens with one attached hydrogen (secondary N) is 2. The highest BCUT2D eigenvalue weighted by atomic mass is 19.1. The molecule has 1 atom stereocenters. The second-order valence-electron chi connectivity index (χ2n) is 6.57. The quantitative estimate of drug-likeness (QED) is 0.676. The van der Waals surface area contributed by atoms with Gasteiger partial charge in [-0.25, -0.2) is 4.39 Å². The highest BCUT2D eigenvalue weighted by molar-refractivity contribution is 6.06. The van der Waals surface area contributed by atoms with E-state index in [9.17, 15) is 9.18 Å². The molecule has 3 aromatic rings. The van der Waals surface area contributed by atoms with Crippen LogP contribution in [0.5, 0.6) is 5.75 Å². The average Bonchev–Trinajstić information content (AvgIpc) is 3.39. The number of aromatic amines is 1. The minimum absolute atomic E-state index is 0.103. The van der Waals surface area contributed by atoms with Crippen molar-refractivity contribution < 1.29 is 18.7 Å². The lowest BCUT2D eigenvalue weighted by Crippen LogP contribution is -2.17. The van der Waals surface area contributed by atoms with E-state index in [-0.39, 0.29) is 12.0 Å². The molecule has 144 valence electrons. The van der Waals surface area contributed by atoms with E-state index in [0.717, 1.165) is 19.4 Å². The van der Waals surface area contributed by atoms with Crippen LogP contribution < -0.4 is 10.1 Å². The number of carbonyl (C=O) groups is 1. The molecule has 1 amide bonds. The summed E-state index contributed by atoms with van der Waals surface area (Å²) in [4.78, 5) is 12.7. The fraction of sp³-hybridized carbons (Fsp3) is 0.238. The summed E-state index contributed by atoms with van der Waals surface area (Å²) < 4.78 is 25.4. The zero-order valence-corrected chi connectivity index (χ0v) is 15.2. The van der Waals surface area contributed by atoms with Gasteiger partial charge in [0.05, 0.1) is 23.7 Å². The van der Waals surface area contributed by atoms with Gasteiger partial charge in [-0.2, -0.15) is 5.10 Å². The van der Waals surface area contributed by atoms with E-state index >= 15 is 0 Å². The normalized spacial score (nSPS) is 16.1. The third-order valence-corrected chi connectivity index (χ3v) is 4.59. The fourth-order valence-electron chi connectivity index (χ4n) is 3.14. The first-order valence-electron chi connectivity index (χ1n) is 9.15. The molecule has 2 heterocycles. The van der Waals surface area contributed by atoms with Crippen LogP contribution in [-0.2, 0) is 4.74 Å². The zero-order valence-electron chi connectivity index (χ0n) is 15.2. The highest BCUT2D eigenvalue weighted by Gasteiger charge is 2.17. The topological polar surface area (TPSA) is 76.2 Å². The molecule has 4 rings (SSSR count). The van der Waals surface area contributed by atoms with Gasteiger partial charge < -0.3 is 14.8 Å². The molecular formula is C21H20FN3O3. The Morgan fingerprint density at radius 1 is 1.29 bits per heavy atom. The average molecular weight is 381 g/mol. The molecule has 1 aromatic heterocycles. The molecule has 0 saturated carbocycles. The van der Waals surface area contributed by atoms with Crippen molar-refractivity contribution in [3.63, 3.8) is 0 Å². The van der Waals surface area contributed by atoms with Crippen molar-refractivity contribution in [2.75, 3.05) is 18.5 Å². The number of halogens is 1. The summed E-state index contributed by atoms with van der Waals surface area (Å²) in [5.41, 5.74) is 1.59. The van der Waals surface area contributed by atoms with E-state index in [1.54, 1.807) is 42.5 Å². The molecule has 0 spiro atoms. The lowest BCUT2D eigenvalue weighted by molar-refractivity contribution is 0.0679. The number of benzene rings is 2. The number of ether oxygens (including phenoxy) is 2. The molecular weight excluding hydrogens is 361 g/mol. The molecule has 1 aliphatic heterocycles. The molecule has 2 aromatic carbocycles. The second-order valence-corrected chi connectivity index (χ2v) is 6.57. The predicted octanol–water partition coefficient (Wildman–Crippen LogP) is 4.03. The lowest BCUT2D eigenvalue weighted by Gasteiger charge is -2.12. The second kappa shape index (κ2) is 8.22. The molecule has 0 bridgehead atoms. The number of hydrogen-bond acceptors (Lipinski definition) is 4. The van der Waals surface area contributed by atoms with Gasteiger partial charge in [-0.15, -0.1) is 0 Å². The summed E-state index contributed by atoms with van der Waals surface area (Å²) in [5, 5.41) is 9.45. The Morgan fingerprint density at radius 2 is 2.18 bits per heavy atom. The van der Waals surface area contributed by atoms with Crippen molar-refractivity contribution in [3.05, 3.63) is 66.1 Å². The van der Waals surface area contributed by atoms with E-state index in [1.807, 2.05) is 0 Å². The van der Waals surface area contributed by atoms with E-state index in [2.05, 4.69) is 15.5 Å². The van der Waals surface area contributed by atoms with Crippen LogP contribution in [-0.4, -0.2) is 35.4 Å². The maximum absolute atomic E-state index is 14.1. The number of rotatable bonds is 6. The summed E-state index contributed by atoms with van der Waals surface area (Å²) in [7, 11) is 0. The van der Waals surface area contributed by atoms with E-state index in [0.29, 0.717) is 34.9 Å². The van der Waals surface area contributed by atoms with Crippen LogP contribution in [0.15, 0.2) is 54.7 Å². The van der Waals surface area contributed by atoms with Crippen molar-refractivity contribution in [1.82, 2.24) is 10.2 Å². The lowest BCUT2D eigenvalue weighted by atomic mass is 10.1. The Labute approximate surface area is 161 Å². The predicted molar refractivity (Wildman–Crippen MR) is 103 cm³/mol. The van der Waals surface area contributed by atoms with Gasteiger partial charge in [0.2, 0.25) is 0 Å². The highest BCUT2D eigenvalue weighted by Crippen LogP contribution is 2.28. The van der Waals surface area contributed by atoms with Gasteiger partial charge in [0, 0.05) is 17.7 Å². The number of anilines is 1. The van der Waals surface area contributed by atoms with Gasteiger partial charge in [-0.05, 0) is 43.2 Å². The van der Waals surface area contributed by atoms with Crippen molar-refractivity contribution in [2.45, 2.75) is 18.9 Å². The first-order valence-corrected chi connectivity index (χ1v) is 9.15. The minimum Gasteiger partial charge on any atom is -0.491 e. The first kappa shape index (κ1) is 18.2. The van der Waals surface area contributed by atoms with E-state index < -0.39 is 5.82 Å². The molecule has 2 N–H and O–H groups in total. The maximum atomic E-state index is 14.1. The van der Waals surface area contributed by atoms with Crippen LogP contribution in [0.3, 0.4) is 0 Å². The standard InChI is InChI=1S/C21H20FN3O3/c22-18-9-2-1-8-17(18)20-19(12-23-25-20)24-21(26)14-5-3-6-15(11-14)28-13-16-7-4-10-27-16/h1-3,5-6,8-9,11-12,16H,4,7,10,13H2,(H,23,25)(H,24,26). The van der Waals surface area contributed by atoms with Crippen LogP contribution in [0.1, 0.15) is 23.2 Å². The minimum atomic E-state index is -0.397. The summed E-state index contributed by atoms with van der Waals surface area (Å²) in [6.45, 7) is 1.23. The first-order chi connectivity index (χ1) is 13.7. The number of carbonyl (C=O) groups excluding carboxylic acids is 1. The number of aromatic nitrogens is 2. The van der Waals surface area contributed by atoms with Gasteiger partial charge in [-0.1, -0.05) is 18.2 Å². The summed E-state index contributed by atoms with van der Waals surface area (Å²) in [6.07, 6.45) is 3.59. The Balaban J connectivity index is 1.47. The van der Waals surface area contributed by atoms with Crippen molar-refractivity contribution in [1.29, 1.82) is 0 Å². The van der Waals surface area contributed by atoms with Gasteiger partial charge in [0.1, 0.15) is 18.2 Å². The van der Waals surface area contributed by atoms with Gasteiger partial charge in [0.25, 0.3) is 5.91 Å². The number of amides is 1. The molecule has 28 heavy (non-hydrogen) atoms. The number of H-pyrrole nitrogens is 1. The maximum Gasteiger partial charge on any atom is 0.255 e. The van der Waals surface area contributed by atoms with Crippen molar-refractivity contribution >= 4 is 11.6 Å². The smallest absolute Gasteiger partial charge is 0.255 e. The van der Waals surface area contributed by atoms with Gasteiger partial charge in [-0.3, -0.25) is 9.89 Å². The molecule has 0 aliphatic carbocycles. The van der Waals surface area contributed by atoms with Crippen LogP contribution in [0.2, 0.25) is 0 Å². The Hall–Kier alpha value is -3.19. The summed E-state index contributed by atoms with van der Waals surface area (Å²) in [6, 6.07) is 13.2. The number of nitrogens with zero attached hydrogens (tertiary/aromatic N) is 1. The molecule has 7 heteroatoms. The molecule has 1 aliphatic rings. The van der Waals surface area contributed by atoms with E-state index in [4.69, 9.17) is 9.47 Å². The Morgan fingerprint density at radius 3 is 3.00 bits per heavy atom. The largest absolute Gasteiger partial charge is 0.491 e. The fourth-order valence-corrected chi connectivity index (χ4v) is 3.14. The monoisotopic (exact) mass is 381 g/mol. The van der Waals surface area contributed by atoms with Crippen LogP contribution in [0.25, 0.3) is 11.3 Å². The van der Waals surface area contributed by atoms with Crippen molar-refractivity contribution in [2.24, 2.45) is 0 Å². The third-order valence-electron chi connectivity index (χ3n) is 4.59. The molecule has 1 fully saturated rings. The van der Waals surface area contributed by atoms with Gasteiger partial charge >= 0.3 is 0 Å². The summed E-state index contributed by atoms with van der Waals surface area (Å²) in [5.74, 6) is -0.127. The Bertz CT molecular complexity index is 967. The van der Waals surface area contributed by atoms with Crippen molar-refractivity contribution in [3.8, 4) is 17.0 Å².